The maximum atomic E-state index is 12.3. The fourth-order valence-electron chi connectivity index (χ4n) is 1.72. The van der Waals surface area contributed by atoms with Crippen LogP contribution in [0.5, 0.6) is 5.75 Å². The molecule has 5 heteroatoms. The zero-order valence-electron chi connectivity index (χ0n) is 10.5. The Labute approximate surface area is 107 Å². The standard InChI is InChI=1S/C13H15NO3S/c1-9(2)18(15,16)13-7-10-5-4-6-14-11(10)8-12(13)17-3/h4-9H,1-3H3. The Morgan fingerprint density at radius 3 is 2.61 bits per heavy atom. The fraction of sp³-hybridized carbons (Fsp3) is 0.308. The second-order valence-corrected chi connectivity index (χ2v) is 6.77. The Balaban J connectivity index is 2.78. The van der Waals surface area contributed by atoms with Gasteiger partial charge in [0.15, 0.2) is 9.84 Å². The first-order chi connectivity index (χ1) is 8.46. The van der Waals surface area contributed by atoms with Gasteiger partial charge in [0.05, 0.1) is 17.9 Å². The molecule has 1 heterocycles. The lowest BCUT2D eigenvalue weighted by Gasteiger charge is -2.13. The monoisotopic (exact) mass is 265 g/mol. The molecule has 18 heavy (non-hydrogen) atoms. The summed E-state index contributed by atoms with van der Waals surface area (Å²) in [6, 6.07) is 6.89. The molecule has 0 spiro atoms. The number of aromatic nitrogens is 1. The minimum Gasteiger partial charge on any atom is -0.495 e. The van der Waals surface area contributed by atoms with Crippen LogP contribution in [0.2, 0.25) is 0 Å². The largest absolute Gasteiger partial charge is 0.495 e. The van der Waals surface area contributed by atoms with Crippen molar-refractivity contribution >= 4 is 20.7 Å². The molecular weight excluding hydrogens is 250 g/mol. The lowest BCUT2D eigenvalue weighted by Crippen LogP contribution is -2.15. The van der Waals surface area contributed by atoms with Crippen LogP contribution >= 0.6 is 0 Å². The summed E-state index contributed by atoms with van der Waals surface area (Å²) >= 11 is 0. The Morgan fingerprint density at radius 2 is 2.00 bits per heavy atom. The summed E-state index contributed by atoms with van der Waals surface area (Å²) in [6.07, 6.45) is 1.67. The highest BCUT2D eigenvalue weighted by Gasteiger charge is 2.24. The lowest BCUT2D eigenvalue weighted by atomic mass is 10.2. The zero-order chi connectivity index (χ0) is 13.3. The average molecular weight is 265 g/mol. The predicted octanol–water partition coefficient (Wildman–Crippen LogP) is 2.43. The van der Waals surface area contributed by atoms with E-state index in [9.17, 15) is 8.42 Å². The summed E-state index contributed by atoms with van der Waals surface area (Å²) in [5.41, 5.74) is 0.719. The van der Waals surface area contributed by atoms with Crippen molar-refractivity contribution in [2.45, 2.75) is 24.0 Å². The van der Waals surface area contributed by atoms with E-state index in [0.29, 0.717) is 5.75 Å². The molecule has 0 saturated heterocycles. The molecule has 4 nitrogen and oxygen atoms in total. The molecule has 96 valence electrons. The zero-order valence-corrected chi connectivity index (χ0v) is 11.4. The van der Waals surface area contributed by atoms with Gasteiger partial charge in [-0.2, -0.15) is 0 Å². The Kier molecular flexibility index (Phi) is 3.26. The first-order valence-corrected chi connectivity index (χ1v) is 7.18. The number of hydrogen-bond acceptors (Lipinski definition) is 4. The van der Waals surface area contributed by atoms with Gasteiger partial charge in [-0.3, -0.25) is 4.98 Å². The molecule has 0 radical (unpaired) electrons. The maximum Gasteiger partial charge on any atom is 0.184 e. The van der Waals surface area contributed by atoms with Gasteiger partial charge in [-0.15, -0.1) is 0 Å². The van der Waals surface area contributed by atoms with Crippen LogP contribution in [0, 0.1) is 0 Å². The number of ether oxygens (including phenoxy) is 1. The SMILES string of the molecule is COc1cc2ncccc2cc1S(=O)(=O)C(C)C. The summed E-state index contributed by atoms with van der Waals surface area (Å²) in [4.78, 5) is 4.41. The first kappa shape index (κ1) is 12.8. The third-order valence-electron chi connectivity index (χ3n) is 2.82. The molecule has 0 aliphatic heterocycles. The molecule has 0 aliphatic carbocycles. The number of nitrogens with zero attached hydrogens (tertiary/aromatic N) is 1. The van der Waals surface area contributed by atoms with E-state index in [1.807, 2.05) is 6.07 Å². The van der Waals surface area contributed by atoms with Crippen LogP contribution in [0.15, 0.2) is 35.4 Å². The van der Waals surface area contributed by atoms with Crippen LogP contribution in [-0.4, -0.2) is 25.8 Å². The molecule has 1 aromatic carbocycles. The van der Waals surface area contributed by atoms with Gasteiger partial charge < -0.3 is 4.74 Å². The van der Waals surface area contributed by atoms with Crippen molar-refractivity contribution < 1.29 is 13.2 Å². The van der Waals surface area contributed by atoms with Crippen molar-refractivity contribution in [2.75, 3.05) is 7.11 Å². The molecule has 0 bridgehead atoms. The van der Waals surface area contributed by atoms with Crippen LogP contribution in [0.1, 0.15) is 13.8 Å². The minimum atomic E-state index is -3.36. The van der Waals surface area contributed by atoms with Crippen LogP contribution in [-0.2, 0) is 9.84 Å². The third-order valence-corrected chi connectivity index (χ3v) is 4.99. The molecule has 0 unspecified atom stereocenters. The molecule has 0 atom stereocenters. The Bertz CT molecular complexity index is 678. The number of sulfone groups is 1. The molecule has 2 rings (SSSR count). The quantitative estimate of drug-likeness (QED) is 0.855. The molecule has 0 fully saturated rings. The van der Waals surface area contributed by atoms with Gasteiger partial charge in [0.25, 0.3) is 0 Å². The second-order valence-electron chi connectivity index (χ2n) is 4.29. The third kappa shape index (κ3) is 2.06. The van der Waals surface area contributed by atoms with E-state index in [-0.39, 0.29) is 4.90 Å². The van der Waals surface area contributed by atoms with E-state index in [1.165, 1.54) is 7.11 Å². The van der Waals surface area contributed by atoms with Crippen molar-refractivity contribution in [1.29, 1.82) is 0 Å². The van der Waals surface area contributed by atoms with Gasteiger partial charge >= 0.3 is 0 Å². The van der Waals surface area contributed by atoms with Crippen LogP contribution in [0.25, 0.3) is 10.9 Å². The number of benzene rings is 1. The van der Waals surface area contributed by atoms with E-state index >= 15 is 0 Å². The molecule has 0 amide bonds. The number of rotatable bonds is 3. The highest BCUT2D eigenvalue weighted by molar-refractivity contribution is 7.92. The van der Waals surface area contributed by atoms with Gasteiger partial charge in [-0.05, 0) is 26.0 Å². The predicted molar refractivity (Wildman–Crippen MR) is 70.6 cm³/mol. The number of fused-ring (bicyclic) bond motifs is 1. The van der Waals surface area contributed by atoms with E-state index in [4.69, 9.17) is 4.74 Å². The summed E-state index contributed by atoms with van der Waals surface area (Å²) < 4.78 is 29.7. The normalized spacial score (nSPS) is 12.0. The van der Waals surface area contributed by atoms with E-state index in [0.717, 1.165) is 10.9 Å². The van der Waals surface area contributed by atoms with E-state index in [2.05, 4.69) is 4.98 Å². The van der Waals surface area contributed by atoms with Gasteiger partial charge in [-0.1, -0.05) is 6.07 Å². The smallest absolute Gasteiger partial charge is 0.184 e. The van der Waals surface area contributed by atoms with E-state index in [1.54, 1.807) is 38.2 Å². The number of methoxy groups -OCH3 is 1. The van der Waals surface area contributed by atoms with Gasteiger partial charge in [0.1, 0.15) is 10.6 Å². The van der Waals surface area contributed by atoms with Crippen molar-refractivity contribution in [2.24, 2.45) is 0 Å². The second kappa shape index (κ2) is 4.57. The molecule has 1 aromatic heterocycles. The average Bonchev–Trinajstić information content (AvgIpc) is 2.36. The number of hydrogen-bond donors (Lipinski definition) is 0. The summed E-state index contributed by atoms with van der Waals surface area (Å²) in [5, 5.41) is 0.304. The highest BCUT2D eigenvalue weighted by Crippen LogP contribution is 2.30. The van der Waals surface area contributed by atoms with Crippen molar-refractivity contribution in [1.82, 2.24) is 4.98 Å². The van der Waals surface area contributed by atoms with Crippen molar-refractivity contribution in [3.8, 4) is 5.75 Å². The van der Waals surface area contributed by atoms with Crippen molar-refractivity contribution in [3.63, 3.8) is 0 Å². The first-order valence-electron chi connectivity index (χ1n) is 5.63. The van der Waals surface area contributed by atoms with E-state index < -0.39 is 15.1 Å². The molecule has 2 aromatic rings. The van der Waals surface area contributed by atoms with Gasteiger partial charge in [-0.25, -0.2) is 8.42 Å². The van der Waals surface area contributed by atoms with Crippen molar-refractivity contribution in [3.05, 3.63) is 30.5 Å². The highest BCUT2D eigenvalue weighted by atomic mass is 32.2. The van der Waals surface area contributed by atoms with Gasteiger partial charge in [0, 0.05) is 17.6 Å². The Morgan fingerprint density at radius 1 is 1.28 bits per heavy atom. The minimum absolute atomic E-state index is 0.223. The lowest BCUT2D eigenvalue weighted by molar-refractivity contribution is 0.403. The molecule has 0 saturated carbocycles. The fourth-order valence-corrected chi connectivity index (χ4v) is 2.94. The Hall–Kier alpha value is -1.62. The van der Waals surface area contributed by atoms with Gasteiger partial charge in [0.2, 0.25) is 0 Å². The van der Waals surface area contributed by atoms with Crippen LogP contribution < -0.4 is 4.74 Å². The topological polar surface area (TPSA) is 56.3 Å². The molecule has 0 aliphatic rings. The molecule has 0 N–H and O–H groups in total. The van der Waals surface area contributed by atoms with Crippen LogP contribution in [0.4, 0.5) is 0 Å². The summed E-state index contributed by atoms with van der Waals surface area (Å²) in [6.45, 7) is 3.31. The number of pyridine rings is 1. The van der Waals surface area contributed by atoms with Crippen LogP contribution in [0.3, 0.4) is 0 Å². The summed E-state index contributed by atoms with van der Waals surface area (Å²) in [5.74, 6) is 0.342. The molecular formula is C13H15NO3S. The maximum absolute atomic E-state index is 12.3. The summed E-state index contributed by atoms with van der Waals surface area (Å²) in [7, 11) is -1.90.